The molecule has 3 unspecified atom stereocenters. The molecule has 0 radical (unpaired) electrons. The summed E-state index contributed by atoms with van der Waals surface area (Å²) in [5.41, 5.74) is 0.865. The highest BCUT2D eigenvalue weighted by Crippen LogP contribution is 2.36. The number of alkyl halides is 3. The van der Waals surface area contributed by atoms with Gasteiger partial charge in [-0.05, 0) is 37.1 Å². The summed E-state index contributed by atoms with van der Waals surface area (Å²) in [6.07, 6.45) is -1.76. The van der Waals surface area contributed by atoms with Gasteiger partial charge < -0.3 is 15.6 Å². The van der Waals surface area contributed by atoms with E-state index in [9.17, 15) is 18.0 Å². The molecule has 32 heavy (non-hydrogen) atoms. The molecule has 0 spiro atoms. The van der Waals surface area contributed by atoms with Crippen LogP contribution in [0, 0.1) is 0 Å². The number of nitrogens with one attached hydrogen (secondary N) is 3. The van der Waals surface area contributed by atoms with E-state index in [-0.39, 0.29) is 13.0 Å². The first-order chi connectivity index (χ1) is 15.3. The van der Waals surface area contributed by atoms with Gasteiger partial charge in [0, 0.05) is 28.5 Å². The lowest BCUT2D eigenvalue weighted by Crippen LogP contribution is -2.63. The summed E-state index contributed by atoms with van der Waals surface area (Å²) >= 11 is 12.0. The van der Waals surface area contributed by atoms with Crippen LogP contribution >= 0.6 is 23.2 Å². The van der Waals surface area contributed by atoms with E-state index in [1.165, 1.54) is 24.5 Å². The fraction of sp³-hybridized carbons (Fsp3) is 0.350. The van der Waals surface area contributed by atoms with Crippen molar-refractivity contribution in [1.82, 2.24) is 19.9 Å². The lowest BCUT2D eigenvalue weighted by atomic mass is 9.94. The average molecular weight is 487 g/mol. The van der Waals surface area contributed by atoms with Gasteiger partial charge in [-0.15, -0.1) is 0 Å². The Balaban J connectivity index is 1.63. The van der Waals surface area contributed by atoms with Gasteiger partial charge in [0.05, 0.1) is 11.4 Å². The van der Waals surface area contributed by atoms with E-state index >= 15 is 0 Å². The zero-order chi connectivity index (χ0) is 22.9. The number of aromatic nitrogens is 3. The summed E-state index contributed by atoms with van der Waals surface area (Å²) in [7, 11) is 0. The molecule has 170 valence electrons. The molecule has 1 saturated heterocycles. The van der Waals surface area contributed by atoms with Crippen molar-refractivity contribution in [3.63, 3.8) is 0 Å². The lowest BCUT2D eigenvalue weighted by molar-refractivity contribution is -0.197. The van der Waals surface area contributed by atoms with Gasteiger partial charge in [-0.2, -0.15) is 13.2 Å². The van der Waals surface area contributed by atoms with Gasteiger partial charge in [0.15, 0.2) is 6.29 Å². The quantitative estimate of drug-likeness (QED) is 0.437. The van der Waals surface area contributed by atoms with E-state index in [0.717, 1.165) is 4.90 Å². The van der Waals surface area contributed by atoms with Crippen molar-refractivity contribution >= 4 is 52.0 Å². The highest BCUT2D eigenvalue weighted by atomic mass is 35.5. The normalized spacial score (nSPS) is 20.8. The molecular formula is C20H19Cl2F3N6O. The lowest BCUT2D eigenvalue weighted by Gasteiger charge is -2.44. The fourth-order valence-electron chi connectivity index (χ4n) is 4.07. The number of carbonyl (C=O) groups excluding carboxylic acids is 1. The second-order valence-corrected chi connectivity index (χ2v) is 8.34. The molecule has 7 nitrogen and oxygen atoms in total. The molecule has 1 aliphatic heterocycles. The fourth-order valence-corrected chi connectivity index (χ4v) is 4.59. The predicted molar refractivity (Wildman–Crippen MR) is 117 cm³/mol. The molecule has 3 atom stereocenters. The number of aldehydes is 1. The number of nitrogens with zero attached hydrogens (tertiary/aromatic N) is 3. The Hall–Kier alpha value is -2.56. The second kappa shape index (κ2) is 9.13. The van der Waals surface area contributed by atoms with Crippen molar-refractivity contribution in [2.75, 3.05) is 17.2 Å². The monoisotopic (exact) mass is 486 g/mol. The van der Waals surface area contributed by atoms with Crippen LogP contribution in [0.25, 0.3) is 11.0 Å². The summed E-state index contributed by atoms with van der Waals surface area (Å²) in [6.45, 7) is 0.0798. The third-order valence-electron chi connectivity index (χ3n) is 5.34. The maximum Gasteiger partial charge on any atom is 0.406 e. The van der Waals surface area contributed by atoms with E-state index in [4.69, 9.17) is 23.2 Å². The molecule has 1 aromatic carbocycles. The van der Waals surface area contributed by atoms with E-state index in [1.54, 1.807) is 12.3 Å². The van der Waals surface area contributed by atoms with Crippen molar-refractivity contribution < 1.29 is 18.0 Å². The maximum absolute atomic E-state index is 14.3. The molecule has 0 bridgehead atoms. The molecule has 1 fully saturated rings. The van der Waals surface area contributed by atoms with Crippen LogP contribution in [0.4, 0.5) is 24.7 Å². The second-order valence-electron chi connectivity index (χ2n) is 7.46. The van der Waals surface area contributed by atoms with Crippen molar-refractivity contribution in [3.8, 4) is 0 Å². The van der Waals surface area contributed by atoms with Gasteiger partial charge in [-0.1, -0.05) is 23.2 Å². The maximum atomic E-state index is 14.3. The molecule has 12 heteroatoms. The molecule has 1 aliphatic rings. The summed E-state index contributed by atoms with van der Waals surface area (Å²) in [5, 5.41) is 6.95. The van der Waals surface area contributed by atoms with Crippen LogP contribution in [0.15, 0.2) is 36.8 Å². The first kappa shape index (κ1) is 22.6. The number of halogens is 5. The van der Waals surface area contributed by atoms with Crippen LogP contribution in [0.5, 0.6) is 0 Å². The van der Waals surface area contributed by atoms with E-state index < -0.39 is 24.4 Å². The number of hydrogen-bond acceptors (Lipinski definition) is 6. The van der Waals surface area contributed by atoms with Gasteiger partial charge in [-0.25, -0.2) is 9.97 Å². The topological polar surface area (TPSA) is 85.9 Å². The highest BCUT2D eigenvalue weighted by Gasteiger charge is 2.52. The van der Waals surface area contributed by atoms with E-state index in [2.05, 4.69) is 25.6 Å². The number of piperidine rings is 1. The van der Waals surface area contributed by atoms with Gasteiger partial charge in [-0.3, -0.25) is 9.69 Å². The molecule has 0 amide bonds. The minimum Gasteiger partial charge on any atom is -0.365 e. The predicted octanol–water partition coefficient (Wildman–Crippen LogP) is 4.71. The Morgan fingerprint density at radius 3 is 2.66 bits per heavy atom. The number of hydrogen-bond donors (Lipinski definition) is 3. The summed E-state index contributed by atoms with van der Waals surface area (Å²) in [4.78, 5) is 24.1. The number of likely N-dealkylation sites (tertiary alicyclic amines) is 1. The molecule has 3 heterocycles. The zero-order valence-corrected chi connectivity index (χ0v) is 18.0. The van der Waals surface area contributed by atoms with Crippen LogP contribution < -0.4 is 10.6 Å². The number of rotatable bonds is 6. The molecule has 0 aliphatic carbocycles. The first-order valence-corrected chi connectivity index (χ1v) is 10.6. The number of benzene rings is 1. The van der Waals surface area contributed by atoms with Crippen LogP contribution in [-0.4, -0.2) is 57.1 Å². The SMILES string of the molecule is O=CC(Nc1cc(Cl)cc(Cl)c1)N1CCCC(Nc2ncnc3[nH]ccc23)C1C(F)(F)F. The third kappa shape index (κ3) is 4.77. The average Bonchev–Trinajstić information content (AvgIpc) is 3.20. The molecular weight excluding hydrogens is 468 g/mol. The van der Waals surface area contributed by atoms with Crippen LogP contribution in [0.2, 0.25) is 10.0 Å². The summed E-state index contributed by atoms with van der Waals surface area (Å²) in [5.74, 6) is 0.301. The third-order valence-corrected chi connectivity index (χ3v) is 5.78. The molecule has 0 saturated carbocycles. The first-order valence-electron chi connectivity index (χ1n) is 9.81. The van der Waals surface area contributed by atoms with Gasteiger partial charge in [0.2, 0.25) is 0 Å². The van der Waals surface area contributed by atoms with Crippen LogP contribution in [0.3, 0.4) is 0 Å². The zero-order valence-electron chi connectivity index (χ0n) is 16.5. The highest BCUT2D eigenvalue weighted by molar-refractivity contribution is 6.35. The minimum absolute atomic E-state index is 0.0798. The van der Waals surface area contributed by atoms with Crippen molar-refractivity contribution in [2.24, 2.45) is 0 Å². The molecule has 4 rings (SSSR count). The number of anilines is 2. The van der Waals surface area contributed by atoms with E-state index in [0.29, 0.717) is 45.3 Å². The Labute approximate surface area is 191 Å². The van der Waals surface area contributed by atoms with Crippen LogP contribution in [-0.2, 0) is 4.79 Å². The largest absolute Gasteiger partial charge is 0.406 e. The standard InChI is InChI=1S/C20H19Cl2F3N6O/c21-11-6-12(22)8-13(7-11)29-16(9-32)31-5-1-2-15(17(31)20(23,24)25)30-19-14-3-4-26-18(14)27-10-28-19/h3-4,6-10,15-17,29H,1-2,5H2,(H2,26,27,28,30). The summed E-state index contributed by atoms with van der Waals surface area (Å²) in [6, 6.07) is 3.22. The molecule has 2 aromatic heterocycles. The number of fused-ring (bicyclic) bond motifs is 1. The summed E-state index contributed by atoms with van der Waals surface area (Å²) < 4.78 is 42.8. The Morgan fingerprint density at radius 1 is 1.22 bits per heavy atom. The van der Waals surface area contributed by atoms with Crippen molar-refractivity contribution in [2.45, 2.75) is 37.3 Å². The Bertz CT molecular complexity index is 1090. The van der Waals surface area contributed by atoms with Crippen molar-refractivity contribution in [3.05, 3.63) is 46.8 Å². The van der Waals surface area contributed by atoms with Crippen LogP contribution in [0.1, 0.15) is 12.8 Å². The minimum atomic E-state index is -4.60. The number of H-pyrrole nitrogens is 1. The number of carbonyl (C=O) groups is 1. The molecule has 3 N–H and O–H groups in total. The van der Waals surface area contributed by atoms with Gasteiger partial charge in [0.25, 0.3) is 0 Å². The smallest absolute Gasteiger partial charge is 0.365 e. The molecule has 3 aromatic rings. The Kier molecular flexibility index (Phi) is 6.45. The Morgan fingerprint density at radius 2 is 1.97 bits per heavy atom. The van der Waals surface area contributed by atoms with E-state index in [1.807, 2.05) is 0 Å². The van der Waals surface area contributed by atoms with Gasteiger partial charge in [0.1, 0.15) is 30.0 Å². The number of aromatic amines is 1. The van der Waals surface area contributed by atoms with Crippen molar-refractivity contribution in [1.29, 1.82) is 0 Å². The van der Waals surface area contributed by atoms with Gasteiger partial charge >= 0.3 is 6.18 Å².